The van der Waals surface area contributed by atoms with Gasteiger partial charge in [-0.05, 0) is 55.1 Å². The summed E-state index contributed by atoms with van der Waals surface area (Å²) in [5, 5.41) is 5.87. The van der Waals surface area contributed by atoms with E-state index in [4.69, 9.17) is 0 Å². The van der Waals surface area contributed by atoms with Crippen LogP contribution in [0.25, 0.3) is 0 Å². The van der Waals surface area contributed by atoms with Gasteiger partial charge in [-0.1, -0.05) is 38.1 Å². The number of carbonyl (C=O) groups excluding carboxylic acids is 2. The van der Waals surface area contributed by atoms with Crippen LogP contribution in [0.4, 0.5) is 10.1 Å². The van der Waals surface area contributed by atoms with Crippen LogP contribution in [-0.4, -0.2) is 36.3 Å². The molecule has 0 aromatic heterocycles. The van der Waals surface area contributed by atoms with Crippen molar-refractivity contribution in [2.75, 3.05) is 25.0 Å². The van der Waals surface area contributed by atoms with Crippen molar-refractivity contribution in [3.63, 3.8) is 0 Å². The van der Waals surface area contributed by atoms with Crippen molar-refractivity contribution in [2.24, 2.45) is 11.8 Å². The van der Waals surface area contributed by atoms with Crippen LogP contribution in [0, 0.1) is 17.7 Å². The van der Waals surface area contributed by atoms with Crippen LogP contribution in [0.5, 0.6) is 0 Å². The molecule has 1 aliphatic rings. The lowest BCUT2D eigenvalue weighted by Crippen LogP contribution is -2.40. The third-order valence-electron chi connectivity index (χ3n) is 5.30. The number of nitrogens with zero attached hydrogens (tertiary/aromatic N) is 1. The van der Waals surface area contributed by atoms with E-state index in [0.717, 1.165) is 24.9 Å². The van der Waals surface area contributed by atoms with Gasteiger partial charge in [0.15, 0.2) is 0 Å². The molecule has 2 aromatic carbocycles. The van der Waals surface area contributed by atoms with E-state index in [-0.39, 0.29) is 23.5 Å². The minimum Gasteiger partial charge on any atom is -0.352 e. The van der Waals surface area contributed by atoms with Crippen molar-refractivity contribution >= 4 is 17.5 Å². The number of nitrogens with one attached hydrogen (secondary N) is 2. The maximum atomic E-state index is 13.1. The third-order valence-corrected chi connectivity index (χ3v) is 5.30. The Morgan fingerprint density at radius 1 is 1.13 bits per heavy atom. The van der Waals surface area contributed by atoms with Gasteiger partial charge in [-0.3, -0.25) is 14.5 Å². The van der Waals surface area contributed by atoms with Crippen molar-refractivity contribution < 1.29 is 14.0 Å². The van der Waals surface area contributed by atoms with E-state index in [9.17, 15) is 14.0 Å². The molecule has 6 heteroatoms. The fourth-order valence-corrected chi connectivity index (χ4v) is 3.68. The summed E-state index contributed by atoms with van der Waals surface area (Å²) in [6, 6.07) is 13.6. The van der Waals surface area contributed by atoms with E-state index < -0.39 is 0 Å². The molecule has 160 valence electrons. The van der Waals surface area contributed by atoms with Crippen molar-refractivity contribution in [2.45, 2.75) is 33.2 Å². The highest BCUT2D eigenvalue weighted by Crippen LogP contribution is 2.22. The van der Waals surface area contributed by atoms with Crippen LogP contribution >= 0.6 is 0 Å². The van der Waals surface area contributed by atoms with Gasteiger partial charge in [0.1, 0.15) is 5.82 Å². The van der Waals surface area contributed by atoms with Gasteiger partial charge < -0.3 is 10.6 Å². The minimum atomic E-state index is -0.245. The lowest BCUT2D eigenvalue weighted by molar-refractivity contribution is -0.121. The molecule has 1 atom stereocenters. The molecule has 0 saturated carbocycles. The Labute approximate surface area is 177 Å². The first-order valence-corrected chi connectivity index (χ1v) is 10.6. The molecule has 1 fully saturated rings. The van der Waals surface area contributed by atoms with Crippen LogP contribution < -0.4 is 10.6 Å². The Bertz CT molecular complexity index is 867. The Kier molecular flexibility index (Phi) is 7.57. The van der Waals surface area contributed by atoms with E-state index in [1.54, 1.807) is 30.3 Å². The number of hydrogen-bond donors (Lipinski definition) is 2. The molecule has 5 nitrogen and oxygen atoms in total. The van der Waals surface area contributed by atoms with Gasteiger partial charge >= 0.3 is 0 Å². The summed E-state index contributed by atoms with van der Waals surface area (Å²) in [6.45, 7) is 6.91. The molecule has 0 aliphatic carbocycles. The van der Waals surface area contributed by atoms with Gasteiger partial charge in [0.2, 0.25) is 5.91 Å². The maximum absolute atomic E-state index is 13.1. The van der Waals surface area contributed by atoms with Gasteiger partial charge in [0, 0.05) is 19.6 Å². The van der Waals surface area contributed by atoms with E-state index >= 15 is 0 Å². The van der Waals surface area contributed by atoms with E-state index in [2.05, 4.69) is 15.5 Å². The molecule has 1 heterocycles. The summed E-state index contributed by atoms with van der Waals surface area (Å²) in [6.07, 6.45) is 1.74. The Balaban J connectivity index is 1.61. The van der Waals surface area contributed by atoms with Gasteiger partial charge in [0.25, 0.3) is 5.91 Å². The van der Waals surface area contributed by atoms with Crippen LogP contribution in [0.1, 0.15) is 42.6 Å². The number of halogens is 1. The van der Waals surface area contributed by atoms with Crippen molar-refractivity contribution in [1.29, 1.82) is 0 Å². The van der Waals surface area contributed by atoms with E-state index in [0.29, 0.717) is 36.8 Å². The summed E-state index contributed by atoms with van der Waals surface area (Å²) in [4.78, 5) is 27.7. The van der Waals surface area contributed by atoms with E-state index in [1.165, 1.54) is 12.1 Å². The summed E-state index contributed by atoms with van der Waals surface area (Å²) in [5.74, 6) is -0.286. The summed E-state index contributed by atoms with van der Waals surface area (Å²) in [5.41, 5.74) is 2.05. The Morgan fingerprint density at radius 3 is 2.60 bits per heavy atom. The van der Waals surface area contributed by atoms with Gasteiger partial charge in [0.05, 0.1) is 17.2 Å². The number of anilines is 1. The predicted molar refractivity (Wildman–Crippen MR) is 117 cm³/mol. The second-order valence-corrected chi connectivity index (χ2v) is 8.34. The lowest BCUT2D eigenvalue weighted by Gasteiger charge is -2.32. The highest BCUT2D eigenvalue weighted by atomic mass is 19.1. The topological polar surface area (TPSA) is 61.4 Å². The number of amides is 2. The summed E-state index contributed by atoms with van der Waals surface area (Å²) < 4.78 is 13.1. The van der Waals surface area contributed by atoms with Gasteiger partial charge in [-0.2, -0.15) is 0 Å². The highest BCUT2D eigenvalue weighted by Gasteiger charge is 2.26. The number of para-hydroxylation sites is 1. The van der Waals surface area contributed by atoms with Gasteiger partial charge in [-0.25, -0.2) is 4.39 Å². The second-order valence-electron chi connectivity index (χ2n) is 8.34. The first-order valence-electron chi connectivity index (χ1n) is 10.6. The number of likely N-dealkylation sites (tertiary alicyclic amines) is 1. The van der Waals surface area contributed by atoms with Crippen LogP contribution in [-0.2, 0) is 11.3 Å². The zero-order valence-corrected chi connectivity index (χ0v) is 17.7. The fraction of sp³-hybridized carbons (Fsp3) is 0.417. The van der Waals surface area contributed by atoms with Crippen molar-refractivity contribution in [3.05, 3.63) is 65.5 Å². The molecule has 30 heavy (non-hydrogen) atoms. The summed E-state index contributed by atoms with van der Waals surface area (Å²) >= 11 is 0. The van der Waals surface area contributed by atoms with E-state index in [1.807, 2.05) is 19.9 Å². The molecule has 0 bridgehead atoms. The zero-order chi connectivity index (χ0) is 21.5. The normalized spacial score (nSPS) is 17.0. The van der Waals surface area contributed by atoms with Gasteiger partial charge in [-0.15, -0.1) is 0 Å². The molecule has 0 unspecified atom stereocenters. The Morgan fingerprint density at radius 2 is 1.87 bits per heavy atom. The Hall–Kier alpha value is -2.73. The quantitative estimate of drug-likeness (QED) is 0.722. The zero-order valence-electron chi connectivity index (χ0n) is 17.7. The largest absolute Gasteiger partial charge is 0.352 e. The smallest absolute Gasteiger partial charge is 0.253 e. The summed E-state index contributed by atoms with van der Waals surface area (Å²) in [7, 11) is 0. The third kappa shape index (κ3) is 6.13. The minimum absolute atomic E-state index is 0.0667. The van der Waals surface area contributed by atoms with Crippen molar-refractivity contribution in [1.82, 2.24) is 10.2 Å². The molecular weight excluding hydrogens is 381 g/mol. The predicted octanol–water partition coefficient (Wildman–Crippen LogP) is 4.06. The average molecular weight is 412 g/mol. The lowest BCUT2D eigenvalue weighted by atomic mass is 9.96. The first kappa shape index (κ1) is 22.0. The molecular formula is C24H30FN3O2. The fourth-order valence-electron chi connectivity index (χ4n) is 3.68. The molecule has 1 aliphatic heterocycles. The second kappa shape index (κ2) is 10.3. The van der Waals surface area contributed by atoms with Crippen LogP contribution in [0.3, 0.4) is 0 Å². The molecule has 2 amide bonds. The van der Waals surface area contributed by atoms with Crippen LogP contribution in [0.2, 0.25) is 0 Å². The highest BCUT2D eigenvalue weighted by molar-refractivity contribution is 6.04. The number of carbonyl (C=O) groups is 2. The number of hydrogen-bond acceptors (Lipinski definition) is 3. The first-order chi connectivity index (χ1) is 14.4. The SMILES string of the molecule is CC(C)CNC(=O)c1ccccc1NC(=O)[C@@H]1CCCN(Cc2ccc(F)cc2)C1. The number of benzene rings is 2. The van der Waals surface area contributed by atoms with Crippen molar-refractivity contribution in [3.8, 4) is 0 Å². The maximum Gasteiger partial charge on any atom is 0.253 e. The molecule has 2 N–H and O–H groups in total. The molecule has 0 spiro atoms. The molecule has 0 radical (unpaired) electrons. The standard InChI is InChI=1S/C24H30FN3O2/c1-17(2)14-26-24(30)21-7-3-4-8-22(21)27-23(29)19-6-5-13-28(16-19)15-18-9-11-20(25)12-10-18/h3-4,7-12,17,19H,5-6,13-16H2,1-2H3,(H,26,30)(H,27,29)/t19-/m1/s1. The van der Waals surface area contributed by atoms with Crippen LogP contribution in [0.15, 0.2) is 48.5 Å². The molecule has 2 aromatic rings. The average Bonchev–Trinajstić information content (AvgIpc) is 2.74. The monoisotopic (exact) mass is 411 g/mol. The number of piperidine rings is 1. The molecule has 3 rings (SSSR count). The number of rotatable bonds is 7. The molecule has 1 saturated heterocycles.